The third kappa shape index (κ3) is 14.3. The molecule has 0 unspecified atom stereocenters. The van der Waals surface area contributed by atoms with E-state index in [0.717, 1.165) is 0 Å². The quantitative estimate of drug-likeness (QED) is 0.104. The Bertz CT molecular complexity index is 5960. The predicted octanol–water partition coefficient (Wildman–Crippen LogP) is 13.4. The van der Waals surface area contributed by atoms with Crippen LogP contribution in [0.5, 0.6) is 0 Å². The number of rotatable bonds is 9. The van der Waals surface area contributed by atoms with Gasteiger partial charge in [0.2, 0.25) is 46.3 Å². The van der Waals surface area contributed by atoms with E-state index in [0.29, 0.717) is 56.0 Å². The van der Waals surface area contributed by atoms with Crippen LogP contribution in [-0.2, 0) is 0 Å². The highest BCUT2D eigenvalue weighted by molar-refractivity contribution is 6.56. The van der Waals surface area contributed by atoms with Crippen molar-refractivity contribution in [3.63, 3.8) is 0 Å². The second-order valence-corrected chi connectivity index (χ2v) is 30.9. The summed E-state index contributed by atoms with van der Waals surface area (Å²) in [4.78, 5) is 219. The number of halogens is 5. The summed E-state index contributed by atoms with van der Waals surface area (Å²) in [6.07, 6.45) is 0. The third-order valence-electron chi connectivity index (χ3n) is 21.1. The monoisotopic (exact) mass is 1690 g/mol. The fourth-order valence-corrected chi connectivity index (χ4v) is 16.1. The molecule has 596 valence electrons. The van der Waals surface area contributed by atoms with Gasteiger partial charge in [-0.1, -0.05) is 229 Å². The molecule has 0 amide bonds. The van der Waals surface area contributed by atoms with Crippen LogP contribution in [0.25, 0.3) is 0 Å². The van der Waals surface area contributed by atoms with E-state index in [4.69, 9.17) is 58.0 Å². The van der Waals surface area contributed by atoms with Crippen molar-refractivity contribution in [3.05, 3.63) is 371 Å². The van der Waals surface area contributed by atoms with Crippen molar-refractivity contribution in [3.8, 4) is 0 Å². The van der Waals surface area contributed by atoms with Crippen LogP contribution in [0, 0.1) is 0 Å². The van der Waals surface area contributed by atoms with Gasteiger partial charge in [-0.05, 0) is 0 Å². The van der Waals surface area contributed by atoms with Gasteiger partial charge in [-0.15, -0.1) is 23.2 Å². The normalized spacial score (nSPS) is 17.7. The number of nitrogens with one attached hydrogen (secondary N) is 1. The number of allylic oxidation sites excluding steroid dienone is 16. The van der Waals surface area contributed by atoms with Crippen LogP contribution in [0.4, 0.5) is 0 Å². The van der Waals surface area contributed by atoms with Crippen LogP contribution < -0.4 is 5.32 Å². The van der Waals surface area contributed by atoms with Crippen LogP contribution in [0.3, 0.4) is 0 Å². The zero-order valence-corrected chi connectivity index (χ0v) is 67.8. The first kappa shape index (κ1) is 81.9. The second-order valence-electron chi connectivity index (χ2n) is 28.9. The van der Waals surface area contributed by atoms with Crippen molar-refractivity contribution < 1.29 is 76.7 Å². The van der Waals surface area contributed by atoms with E-state index in [2.05, 4.69) is 5.32 Å². The van der Waals surface area contributed by atoms with Gasteiger partial charge in [-0.3, -0.25) is 76.7 Å². The van der Waals surface area contributed by atoms with Crippen molar-refractivity contribution in [2.24, 2.45) is 0 Å². The molecule has 22 nitrogen and oxygen atoms in total. The van der Waals surface area contributed by atoms with Crippen molar-refractivity contribution in [1.82, 2.24) is 29.8 Å². The molecule has 0 bridgehead atoms. The predicted molar refractivity (Wildman–Crippen MR) is 446 cm³/mol. The second kappa shape index (κ2) is 33.0. The number of carbonyl (C=O) groups excluding carboxylic acids is 16. The number of alkyl halides is 2. The first-order valence-electron chi connectivity index (χ1n) is 37.5. The van der Waals surface area contributed by atoms with Gasteiger partial charge >= 0.3 is 0 Å². The number of fused-ring (bicyclic) bond motifs is 8. The molecule has 0 atom stereocenters. The summed E-state index contributed by atoms with van der Waals surface area (Å²) in [6, 6.07) is 51.5. The average molecular weight is 1700 g/mol. The molecule has 8 aromatic carbocycles. The molecule has 4 fully saturated rings. The van der Waals surface area contributed by atoms with E-state index in [9.17, 15) is 76.7 Å². The maximum Gasteiger partial charge on any atom is 0.210 e. The van der Waals surface area contributed by atoms with E-state index in [1.807, 2.05) is 0 Å². The molecule has 20 rings (SSSR count). The lowest BCUT2D eigenvalue weighted by Gasteiger charge is -2.31. The molecule has 4 saturated heterocycles. The van der Waals surface area contributed by atoms with E-state index in [1.54, 1.807) is 201 Å². The van der Waals surface area contributed by atoms with Crippen LogP contribution in [0.15, 0.2) is 282 Å². The number of hydrogen-bond acceptors (Lipinski definition) is 22. The summed E-state index contributed by atoms with van der Waals surface area (Å²) in [6.45, 7) is 6.28. The van der Waals surface area contributed by atoms with E-state index >= 15 is 0 Å². The van der Waals surface area contributed by atoms with Gasteiger partial charge in [-0.25, -0.2) is 0 Å². The van der Waals surface area contributed by atoms with Crippen molar-refractivity contribution in [2.75, 3.05) is 85.9 Å². The van der Waals surface area contributed by atoms with Crippen molar-refractivity contribution in [1.29, 1.82) is 0 Å². The van der Waals surface area contributed by atoms with Crippen LogP contribution in [-0.4, -0.2) is 203 Å². The molecule has 4 aliphatic heterocycles. The van der Waals surface area contributed by atoms with E-state index in [1.165, 1.54) is 59.3 Å². The summed E-state index contributed by atoms with van der Waals surface area (Å²) < 4.78 is 0. The Morgan fingerprint density at radius 2 is 0.375 bits per heavy atom. The molecule has 8 aliphatic carbocycles. The zero-order valence-electron chi connectivity index (χ0n) is 64.0. The SMILES string of the molecule is C1CN1.CN(C)C1=C(C2=C(N(C)C)C(=O)c3ccccc3C2=O)C(=O)c2ccccc2C1=O.ClCCl.O=C1C(C2=C(N3CC3)C(=O)c3ccccc3C2=O)=C(N2CC2)C(=O)c2ccccc21.O=C1C(Cl)=C(C2=C(Cl)C(=O)c3ccccc3C2=O)C(=O)c2ccccc21.O=C1C(Cl)=C(C2=C(N3CC3)C(=O)c3ccccc3C2=O)C(=O)c2ccccc21. The topological polar surface area (TPSA) is 311 Å². The van der Waals surface area contributed by atoms with Crippen molar-refractivity contribution >= 4 is 151 Å². The fourth-order valence-electron chi connectivity index (χ4n) is 15.3. The van der Waals surface area contributed by atoms with E-state index < -0.39 is 62.1 Å². The molecule has 27 heteroatoms. The number of carbonyl (C=O) groups is 16. The fraction of sp³-hybridized carbons (Fsp3) is 0.140. The highest BCUT2D eigenvalue weighted by Crippen LogP contribution is 2.46. The molecular formula is C93H63Cl5N6O16. The van der Waals surface area contributed by atoms with Gasteiger partial charge in [0.05, 0.1) is 78.4 Å². The molecule has 0 radical (unpaired) electrons. The Hall–Kier alpha value is -13.2. The molecule has 0 spiro atoms. The number of likely N-dealkylation sites (N-methyl/N-ethyl adjacent to an activating group) is 2. The third-order valence-corrected chi connectivity index (χ3v) is 22.2. The van der Waals surface area contributed by atoms with Crippen LogP contribution >= 0.6 is 58.0 Å². The minimum atomic E-state index is -0.612. The number of nitrogens with zero attached hydrogens (tertiary/aromatic N) is 5. The average Bonchev–Trinajstić information content (AvgIpc) is 1.43. The summed E-state index contributed by atoms with van der Waals surface area (Å²) in [5, 5.41) is 2.04. The molecule has 0 aromatic heterocycles. The number of hydrogen-bond donors (Lipinski definition) is 1. The molecular weight excluding hydrogens is 1630 g/mol. The maximum atomic E-state index is 13.6. The largest absolute Gasteiger partial charge is 0.374 e. The summed E-state index contributed by atoms with van der Waals surface area (Å²) in [5.74, 6) is -7.12. The van der Waals surface area contributed by atoms with Crippen LogP contribution in [0.1, 0.15) is 166 Å². The highest BCUT2D eigenvalue weighted by Gasteiger charge is 2.50. The standard InChI is InChI=1S/C24H16N2O4.C24H20N2O4.C22H12ClNO4.C20H8Cl2O4.C2H5N.CH2Cl2/c27-21-13-5-1-3-7-15(13)23(29)19(25-9-10-25)17(21)18-20(26-11-12-26)24(30)16-8-4-2-6-14(16)22(18)28;1-25(2)19-17(21(27)13-9-5-7-11-15(13)23(19)29)18-20(26(3)4)24(30)16-12-8-6-10-14(16)22(18)28;23-17-15(19(25)11-5-1-3-7-13(11)21(17)27)16-18(24-9-10-24)22(28)14-8-4-2-6-12(14)20(16)26;21-15-13(17(23)9-5-1-3-7-11(9)19(15)25)14-16(22)20(26)12-8-4-2-6-10(12)18(14)24;1-2-3-1;2-1-3/h1-8H,9-12H2;5-12H,1-4H3;1-8H,9-10H2;1-8H;3H,1-2H2;1H2. The summed E-state index contributed by atoms with van der Waals surface area (Å²) in [7, 11) is 6.58. The Balaban J connectivity index is 0.000000122. The number of Topliss-reactive ketones (excluding diaryl/α,β-unsaturated/α-hetero) is 16. The molecule has 12 aliphatic rings. The van der Waals surface area contributed by atoms with Gasteiger partial charge in [-0.2, -0.15) is 0 Å². The Morgan fingerprint density at radius 3 is 0.550 bits per heavy atom. The Labute approximate surface area is 709 Å². The first-order valence-corrected chi connectivity index (χ1v) is 39.7. The van der Waals surface area contributed by atoms with Crippen molar-refractivity contribution in [2.45, 2.75) is 0 Å². The lowest BCUT2D eigenvalue weighted by atomic mass is 9.77. The van der Waals surface area contributed by atoms with Gasteiger partial charge in [0, 0.05) is 170 Å². The molecule has 120 heavy (non-hydrogen) atoms. The van der Waals surface area contributed by atoms with Gasteiger partial charge < -0.3 is 29.8 Å². The first-order chi connectivity index (χ1) is 57.7. The Kier molecular flexibility index (Phi) is 22.5. The maximum absolute atomic E-state index is 13.6. The molecule has 4 heterocycles. The van der Waals surface area contributed by atoms with Gasteiger partial charge in [0.25, 0.3) is 0 Å². The van der Waals surface area contributed by atoms with E-state index in [-0.39, 0.29) is 196 Å². The smallest absolute Gasteiger partial charge is 0.210 e. The summed E-state index contributed by atoms with van der Waals surface area (Å²) >= 11 is 28.1. The minimum absolute atomic E-state index is 0.0275. The van der Waals surface area contributed by atoms with Gasteiger partial charge in [0.1, 0.15) is 15.1 Å². The highest BCUT2D eigenvalue weighted by atomic mass is 35.5. The molecule has 1 N–H and O–H groups in total. The number of ketones is 16. The summed E-state index contributed by atoms with van der Waals surface area (Å²) in [5.41, 5.74) is 3.75. The molecule has 0 saturated carbocycles. The lowest BCUT2D eigenvalue weighted by Crippen LogP contribution is -2.36. The van der Waals surface area contributed by atoms with Crippen LogP contribution in [0.2, 0.25) is 0 Å². The lowest BCUT2D eigenvalue weighted by molar-refractivity contribution is 0.0930. The van der Waals surface area contributed by atoms with Gasteiger partial charge in [0.15, 0.2) is 46.3 Å². The zero-order chi connectivity index (χ0) is 85.3. The molecule has 8 aromatic rings. The number of benzene rings is 8. The Morgan fingerprint density at radius 1 is 0.233 bits per heavy atom. The minimum Gasteiger partial charge on any atom is -0.374 e.